The van der Waals surface area contributed by atoms with E-state index < -0.39 is 61.8 Å². The molecule has 0 radical (unpaired) electrons. The van der Waals surface area contributed by atoms with Gasteiger partial charge in [-0.3, -0.25) is 9.59 Å². The largest absolute Gasteiger partial charge is 0.494 e. The van der Waals surface area contributed by atoms with Crippen LogP contribution in [0.3, 0.4) is 0 Å². The summed E-state index contributed by atoms with van der Waals surface area (Å²) < 4.78 is 109. The number of carbonyl (C=O) groups is 2. The number of carbonyl (C=O) groups excluding carboxylic acids is 2. The molecule has 0 amide bonds. The van der Waals surface area contributed by atoms with Crippen molar-refractivity contribution in [1.29, 1.82) is 0 Å². The monoisotopic (exact) mass is 806 g/mol. The Labute approximate surface area is 310 Å². The molecule has 18 heteroatoms. The first-order valence-electron chi connectivity index (χ1n) is 16.4. The molecule has 0 unspecified atom stereocenters. The molecule has 0 aliphatic carbocycles. The summed E-state index contributed by atoms with van der Waals surface area (Å²) >= 11 is 3.05. The molecule has 0 spiro atoms. The number of halogens is 7. The molecule has 286 valence electrons. The summed E-state index contributed by atoms with van der Waals surface area (Å²) in [6, 6.07) is 10.1. The number of alkyl halides is 6. The van der Waals surface area contributed by atoms with Gasteiger partial charge in [0.1, 0.15) is 0 Å². The van der Waals surface area contributed by atoms with Gasteiger partial charge in [-0.05, 0) is 113 Å². The number of benzene rings is 2. The van der Waals surface area contributed by atoms with Crippen LogP contribution in [0.4, 0.5) is 26.3 Å². The summed E-state index contributed by atoms with van der Waals surface area (Å²) in [6.45, 7) is 23.7. The quantitative estimate of drug-likeness (QED) is 0.174. The zero-order valence-corrected chi connectivity index (χ0v) is 32.8. The highest BCUT2D eigenvalue weighted by Crippen LogP contribution is 2.43. The SMILES string of the molecule is CC1(C)OB(B2OC(C)(C)C(C)(C)O2)OC1(C)C.CC1(C)OB(c2ccc(C(=O)C(F)(F)F)cc2)OC1(C)C.O=C(c1ccc(Br)cc1)C(F)(F)F. The minimum Gasteiger partial charge on any atom is -0.405 e. The molecule has 52 heavy (non-hydrogen) atoms. The molecule has 5 rings (SSSR count). The summed E-state index contributed by atoms with van der Waals surface area (Å²) in [6.07, 6.45) is -9.67. The zero-order chi connectivity index (χ0) is 40.1. The van der Waals surface area contributed by atoms with Crippen LogP contribution in [-0.2, 0) is 27.9 Å². The molecule has 8 nitrogen and oxygen atoms in total. The minimum absolute atomic E-state index is 0.351. The number of hydrogen-bond donors (Lipinski definition) is 0. The topological polar surface area (TPSA) is 89.5 Å². The van der Waals surface area contributed by atoms with Gasteiger partial charge >= 0.3 is 33.5 Å². The summed E-state index contributed by atoms with van der Waals surface area (Å²) in [4.78, 5) is 21.8. The van der Waals surface area contributed by atoms with Gasteiger partial charge in [0.2, 0.25) is 0 Å². The van der Waals surface area contributed by atoms with Crippen LogP contribution < -0.4 is 5.46 Å². The lowest BCUT2D eigenvalue weighted by atomic mass is 9.49. The minimum atomic E-state index is -4.87. The molecule has 0 saturated carbocycles. The first kappa shape index (κ1) is 44.2. The van der Waals surface area contributed by atoms with Crippen molar-refractivity contribution < 1.29 is 63.9 Å². The van der Waals surface area contributed by atoms with Gasteiger partial charge in [0.15, 0.2) is 0 Å². The van der Waals surface area contributed by atoms with E-state index >= 15 is 0 Å². The number of Topliss-reactive ketones (excluding diaryl/α,β-unsaturated/α-hetero) is 2. The van der Waals surface area contributed by atoms with E-state index in [9.17, 15) is 35.9 Å². The van der Waals surface area contributed by atoms with Crippen LogP contribution >= 0.6 is 15.9 Å². The van der Waals surface area contributed by atoms with Crippen LogP contribution in [0.25, 0.3) is 0 Å². The maximum absolute atomic E-state index is 12.3. The van der Waals surface area contributed by atoms with Crippen molar-refractivity contribution in [2.75, 3.05) is 0 Å². The fraction of sp³-hybridized carbons (Fsp3) is 0.588. The maximum atomic E-state index is 12.3. The van der Waals surface area contributed by atoms with E-state index in [0.29, 0.717) is 9.94 Å². The van der Waals surface area contributed by atoms with Gasteiger partial charge < -0.3 is 27.9 Å². The highest BCUT2D eigenvalue weighted by Gasteiger charge is 2.63. The van der Waals surface area contributed by atoms with Crippen molar-refractivity contribution in [2.24, 2.45) is 0 Å². The lowest BCUT2D eigenvalue weighted by Crippen LogP contribution is -2.41. The van der Waals surface area contributed by atoms with E-state index in [2.05, 4.69) is 15.9 Å². The van der Waals surface area contributed by atoms with Gasteiger partial charge in [-0.2, -0.15) is 26.3 Å². The Kier molecular flexibility index (Phi) is 12.6. The molecule has 3 saturated heterocycles. The van der Waals surface area contributed by atoms with Crippen molar-refractivity contribution >= 4 is 54.1 Å². The highest BCUT2D eigenvalue weighted by molar-refractivity contribution is 9.10. The van der Waals surface area contributed by atoms with Crippen LogP contribution in [0.5, 0.6) is 0 Å². The van der Waals surface area contributed by atoms with E-state index in [0.717, 1.165) is 24.3 Å². The van der Waals surface area contributed by atoms with Gasteiger partial charge in [-0.25, -0.2) is 0 Å². The van der Waals surface area contributed by atoms with Crippen LogP contribution in [0.1, 0.15) is 104 Å². The molecule has 0 N–H and O–H groups in total. The van der Waals surface area contributed by atoms with Gasteiger partial charge in [0.25, 0.3) is 11.6 Å². The number of hydrogen-bond acceptors (Lipinski definition) is 8. The normalized spacial score (nSPS) is 22.2. The first-order chi connectivity index (χ1) is 23.2. The van der Waals surface area contributed by atoms with Crippen LogP contribution in [0.15, 0.2) is 53.0 Å². The fourth-order valence-electron chi connectivity index (χ4n) is 4.70. The van der Waals surface area contributed by atoms with E-state index in [4.69, 9.17) is 27.9 Å². The zero-order valence-electron chi connectivity index (χ0n) is 31.3. The second-order valence-corrected chi connectivity index (χ2v) is 16.5. The molecule has 3 aliphatic rings. The second kappa shape index (κ2) is 14.8. The van der Waals surface area contributed by atoms with Crippen molar-refractivity contribution in [1.82, 2.24) is 0 Å². The molecule has 3 fully saturated rings. The van der Waals surface area contributed by atoms with Crippen LogP contribution in [0.2, 0.25) is 0 Å². The van der Waals surface area contributed by atoms with Crippen molar-refractivity contribution in [3.63, 3.8) is 0 Å². The fourth-order valence-corrected chi connectivity index (χ4v) is 4.96. The van der Waals surface area contributed by atoms with Crippen LogP contribution in [0, 0.1) is 0 Å². The average Bonchev–Trinajstić information content (AvgIpc) is 3.45. The smallest absolute Gasteiger partial charge is 0.405 e. The summed E-state index contributed by atoms with van der Waals surface area (Å²) in [5.74, 6) is -3.68. The molecule has 3 heterocycles. The lowest BCUT2D eigenvalue weighted by molar-refractivity contribution is -0.0888. The highest BCUT2D eigenvalue weighted by atomic mass is 79.9. The standard InChI is InChI=1S/C14H16BF3O3.C12H24B2O4.C8H4BrF3O/c1-12(2)13(3,4)21-15(20-12)10-7-5-9(6-8-10)11(19)14(16,17)18;1-9(2)10(3,4)16-13(15-9)14-17-11(5,6)12(7,8)18-14;9-6-3-1-5(2-4-6)7(13)8(10,11)12/h5-8H,1-4H3;1-8H3;1-4H. The third kappa shape index (κ3) is 9.90. The third-order valence-electron chi connectivity index (χ3n) is 10.1. The summed E-state index contributed by atoms with van der Waals surface area (Å²) in [5, 5.41) is 0. The Morgan fingerprint density at radius 1 is 0.481 bits per heavy atom. The van der Waals surface area contributed by atoms with Crippen LogP contribution in [-0.4, -0.2) is 78.7 Å². The van der Waals surface area contributed by atoms with Gasteiger partial charge in [-0.15, -0.1) is 0 Å². The van der Waals surface area contributed by atoms with Crippen molar-refractivity contribution in [2.45, 2.75) is 129 Å². The molecule has 2 aromatic carbocycles. The number of rotatable bonds is 4. The lowest BCUT2D eigenvalue weighted by Gasteiger charge is -2.32. The summed E-state index contributed by atoms with van der Waals surface area (Å²) in [7, 11) is -1.61. The Morgan fingerprint density at radius 2 is 0.731 bits per heavy atom. The Hall–Kier alpha value is -2.21. The van der Waals surface area contributed by atoms with Gasteiger partial charge in [0, 0.05) is 15.6 Å². The maximum Gasteiger partial charge on any atom is 0.494 e. The molecule has 0 aromatic heterocycles. The Morgan fingerprint density at radius 3 is 1.00 bits per heavy atom. The first-order valence-corrected chi connectivity index (χ1v) is 17.2. The van der Waals surface area contributed by atoms with E-state index in [1.54, 1.807) is 0 Å². The van der Waals surface area contributed by atoms with Crippen molar-refractivity contribution in [3.8, 4) is 0 Å². The van der Waals surface area contributed by atoms with Crippen molar-refractivity contribution in [3.05, 3.63) is 64.1 Å². The third-order valence-corrected chi connectivity index (χ3v) is 10.6. The number of ketones is 2. The van der Waals surface area contributed by atoms with E-state index in [1.807, 2.05) is 83.1 Å². The van der Waals surface area contributed by atoms with Gasteiger partial charge in [0.05, 0.1) is 33.6 Å². The average molecular weight is 807 g/mol. The van der Waals surface area contributed by atoms with E-state index in [-0.39, 0.29) is 28.0 Å². The summed E-state index contributed by atoms with van der Waals surface area (Å²) in [5.41, 5.74) is -2.67. The predicted octanol–water partition coefficient (Wildman–Crippen LogP) is 8.17. The molecule has 0 atom stereocenters. The Bertz CT molecular complexity index is 1510. The molecule has 3 aliphatic heterocycles. The molecular weight excluding hydrogens is 763 g/mol. The Balaban J connectivity index is 0.000000216. The van der Waals surface area contributed by atoms with E-state index in [1.165, 1.54) is 24.3 Å². The van der Waals surface area contributed by atoms with Gasteiger partial charge in [-0.1, -0.05) is 40.2 Å². The molecule has 0 bridgehead atoms. The second-order valence-electron chi connectivity index (χ2n) is 15.6. The predicted molar refractivity (Wildman–Crippen MR) is 189 cm³/mol. The molecular formula is C34H44B3BrF6O8. The molecule has 2 aromatic rings.